The van der Waals surface area contributed by atoms with E-state index >= 15 is 0 Å². The van der Waals surface area contributed by atoms with Crippen LogP contribution in [0.2, 0.25) is 0 Å². The van der Waals surface area contributed by atoms with Gasteiger partial charge in [0.05, 0.1) is 0 Å². The van der Waals surface area contributed by atoms with Gasteiger partial charge < -0.3 is 10.6 Å². The van der Waals surface area contributed by atoms with E-state index in [9.17, 15) is 0 Å². The van der Waals surface area contributed by atoms with Crippen LogP contribution in [0.3, 0.4) is 0 Å². The Balaban J connectivity index is 1.87. The molecule has 0 aliphatic heterocycles. The van der Waals surface area contributed by atoms with Crippen LogP contribution in [0.5, 0.6) is 0 Å². The first-order chi connectivity index (χ1) is 9.56. The van der Waals surface area contributed by atoms with Crippen molar-refractivity contribution in [1.82, 2.24) is 9.97 Å². The van der Waals surface area contributed by atoms with Gasteiger partial charge in [0.25, 0.3) is 0 Å². The smallest absolute Gasteiger partial charge is 0.137 e. The molecule has 0 aromatic carbocycles. The average Bonchev–Trinajstić information content (AvgIpc) is 3.25. The van der Waals surface area contributed by atoms with Gasteiger partial charge >= 0.3 is 0 Å². The second kappa shape index (κ2) is 5.23. The molecule has 2 fully saturated rings. The first kappa shape index (κ1) is 13.7. The maximum atomic E-state index is 6.10. The molecule has 1 aromatic heterocycles. The van der Waals surface area contributed by atoms with Gasteiger partial charge in [-0.25, -0.2) is 9.97 Å². The molecule has 0 spiro atoms. The predicted molar refractivity (Wildman–Crippen MR) is 83.0 cm³/mol. The van der Waals surface area contributed by atoms with Crippen LogP contribution in [-0.2, 0) is 0 Å². The van der Waals surface area contributed by atoms with Crippen molar-refractivity contribution in [2.24, 2.45) is 5.92 Å². The molecule has 110 valence electrons. The molecule has 3 rings (SSSR count). The van der Waals surface area contributed by atoms with E-state index in [1.54, 1.807) is 0 Å². The number of hydrogen-bond acceptors (Lipinski definition) is 4. The van der Waals surface area contributed by atoms with E-state index in [1.807, 2.05) is 6.92 Å². The summed E-state index contributed by atoms with van der Waals surface area (Å²) in [4.78, 5) is 11.7. The average molecular weight is 274 g/mol. The second-order valence-electron chi connectivity index (χ2n) is 6.73. The summed E-state index contributed by atoms with van der Waals surface area (Å²) in [5.74, 6) is 4.04. The number of hydrogen-bond donors (Lipinski definition) is 1. The van der Waals surface area contributed by atoms with Gasteiger partial charge in [0, 0.05) is 24.6 Å². The Labute approximate surface area is 121 Å². The van der Waals surface area contributed by atoms with Gasteiger partial charge in [0.1, 0.15) is 17.5 Å². The van der Waals surface area contributed by atoms with Crippen LogP contribution in [0.25, 0.3) is 0 Å². The Kier molecular flexibility index (Phi) is 3.57. The van der Waals surface area contributed by atoms with Gasteiger partial charge in [0.2, 0.25) is 0 Å². The zero-order valence-corrected chi connectivity index (χ0v) is 12.9. The van der Waals surface area contributed by atoms with Gasteiger partial charge in [0.15, 0.2) is 0 Å². The summed E-state index contributed by atoms with van der Waals surface area (Å²) in [6, 6.07) is 0.596. The Bertz CT molecular complexity index is 495. The molecule has 0 saturated heterocycles. The molecule has 0 bridgehead atoms. The molecule has 2 aliphatic carbocycles. The molecular weight excluding hydrogens is 248 g/mol. The lowest BCUT2D eigenvalue weighted by molar-refractivity contribution is 0.335. The van der Waals surface area contributed by atoms with Crippen molar-refractivity contribution in [3.8, 4) is 0 Å². The lowest BCUT2D eigenvalue weighted by Crippen LogP contribution is -2.36. The monoisotopic (exact) mass is 274 g/mol. The van der Waals surface area contributed by atoms with Crippen LogP contribution in [0.1, 0.15) is 62.8 Å². The van der Waals surface area contributed by atoms with Crippen molar-refractivity contribution in [1.29, 1.82) is 0 Å². The van der Waals surface area contributed by atoms with Crippen LogP contribution in [-0.4, -0.2) is 23.1 Å². The fourth-order valence-corrected chi connectivity index (χ4v) is 3.33. The summed E-state index contributed by atoms with van der Waals surface area (Å²) in [7, 11) is 2.17. The third kappa shape index (κ3) is 2.60. The molecule has 2 unspecified atom stereocenters. The van der Waals surface area contributed by atoms with Gasteiger partial charge in [-0.2, -0.15) is 0 Å². The van der Waals surface area contributed by atoms with Gasteiger partial charge in [-0.05, 0) is 38.5 Å². The molecule has 1 aromatic rings. The van der Waals surface area contributed by atoms with E-state index in [2.05, 4.69) is 23.9 Å². The molecule has 0 amide bonds. The SMILES string of the molecule is Cc1c(N)nc(C2CC2)nc1N(C)C1CCCC(C)C1. The Morgan fingerprint density at radius 2 is 1.90 bits per heavy atom. The molecule has 4 heteroatoms. The first-order valence-corrected chi connectivity index (χ1v) is 7.93. The van der Waals surface area contributed by atoms with Gasteiger partial charge in [-0.3, -0.25) is 0 Å². The van der Waals surface area contributed by atoms with E-state index in [0.29, 0.717) is 17.8 Å². The zero-order chi connectivity index (χ0) is 14.3. The highest BCUT2D eigenvalue weighted by Gasteiger charge is 2.30. The maximum Gasteiger partial charge on any atom is 0.137 e. The molecule has 2 aliphatic rings. The van der Waals surface area contributed by atoms with Crippen LogP contribution in [0.4, 0.5) is 11.6 Å². The van der Waals surface area contributed by atoms with Crippen molar-refractivity contribution in [3.63, 3.8) is 0 Å². The van der Waals surface area contributed by atoms with E-state index in [-0.39, 0.29) is 0 Å². The first-order valence-electron chi connectivity index (χ1n) is 7.93. The summed E-state index contributed by atoms with van der Waals surface area (Å²) >= 11 is 0. The Morgan fingerprint density at radius 3 is 2.55 bits per heavy atom. The minimum absolute atomic E-state index is 0.551. The largest absolute Gasteiger partial charge is 0.383 e. The van der Waals surface area contributed by atoms with Crippen molar-refractivity contribution in [2.45, 2.75) is 64.3 Å². The number of rotatable bonds is 3. The highest BCUT2D eigenvalue weighted by Crippen LogP contribution is 2.40. The normalized spacial score (nSPS) is 26.6. The summed E-state index contributed by atoms with van der Waals surface area (Å²) in [5, 5.41) is 0. The number of nitrogen functional groups attached to an aromatic ring is 1. The van der Waals surface area contributed by atoms with Crippen LogP contribution >= 0.6 is 0 Å². The number of nitrogens with two attached hydrogens (primary N) is 1. The molecule has 4 nitrogen and oxygen atoms in total. The lowest BCUT2D eigenvalue weighted by atomic mass is 9.86. The highest BCUT2D eigenvalue weighted by atomic mass is 15.2. The molecule has 20 heavy (non-hydrogen) atoms. The topological polar surface area (TPSA) is 55.0 Å². The second-order valence-corrected chi connectivity index (χ2v) is 6.73. The number of nitrogens with zero attached hydrogens (tertiary/aromatic N) is 3. The Hall–Kier alpha value is -1.32. The number of aromatic nitrogens is 2. The van der Waals surface area contributed by atoms with E-state index in [1.165, 1.54) is 38.5 Å². The van der Waals surface area contributed by atoms with Crippen molar-refractivity contribution >= 4 is 11.6 Å². The quantitative estimate of drug-likeness (QED) is 0.919. The third-order valence-corrected chi connectivity index (χ3v) is 4.91. The zero-order valence-electron chi connectivity index (χ0n) is 12.9. The molecular formula is C16H26N4. The van der Waals surface area contributed by atoms with Crippen molar-refractivity contribution in [3.05, 3.63) is 11.4 Å². The summed E-state index contributed by atoms with van der Waals surface area (Å²) in [6.07, 6.45) is 7.65. The summed E-state index contributed by atoms with van der Waals surface area (Å²) < 4.78 is 0. The molecule has 2 saturated carbocycles. The lowest BCUT2D eigenvalue weighted by Gasteiger charge is -2.35. The fraction of sp³-hybridized carbons (Fsp3) is 0.750. The fourth-order valence-electron chi connectivity index (χ4n) is 3.33. The molecule has 2 N–H and O–H groups in total. The third-order valence-electron chi connectivity index (χ3n) is 4.91. The van der Waals surface area contributed by atoms with Crippen molar-refractivity contribution in [2.75, 3.05) is 17.7 Å². The van der Waals surface area contributed by atoms with Gasteiger partial charge in [-0.15, -0.1) is 0 Å². The molecule has 0 radical (unpaired) electrons. The van der Waals surface area contributed by atoms with Crippen molar-refractivity contribution < 1.29 is 0 Å². The standard InChI is InChI=1S/C16H26N4/c1-10-5-4-6-13(9-10)20(3)16-11(2)14(17)18-15(19-16)12-7-8-12/h10,12-13H,4-9H2,1-3H3,(H2,17,18,19). The molecule has 1 heterocycles. The van der Waals surface area contributed by atoms with E-state index in [4.69, 9.17) is 10.7 Å². The maximum absolute atomic E-state index is 6.10. The van der Waals surface area contributed by atoms with Crippen LogP contribution in [0, 0.1) is 12.8 Å². The van der Waals surface area contributed by atoms with Crippen LogP contribution in [0.15, 0.2) is 0 Å². The minimum Gasteiger partial charge on any atom is -0.383 e. The Morgan fingerprint density at radius 1 is 1.15 bits per heavy atom. The number of anilines is 2. The predicted octanol–water partition coefficient (Wildman–Crippen LogP) is 3.26. The highest BCUT2D eigenvalue weighted by molar-refractivity contribution is 5.57. The summed E-state index contributed by atoms with van der Waals surface area (Å²) in [6.45, 7) is 4.40. The minimum atomic E-state index is 0.551. The molecule has 2 atom stereocenters. The van der Waals surface area contributed by atoms with Gasteiger partial charge in [-0.1, -0.05) is 19.8 Å². The van der Waals surface area contributed by atoms with E-state index < -0.39 is 0 Å². The van der Waals surface area contributed by atoms with Crippen LogP contribution < -0.4 is 10.6 Å². The summed E-state index contributed by atoms with van der Waals surface area (Å²) in [5.41, 5.74) is 7.14. The van der Waals surface area contributed by atoms with E-state index in [0.717, 1.165) is 23.1 Å².